The zero-order chi connectivity index (χ0) is 10.4. The Balaban J connectivity index is 2.46. The molecule has 1 rings (SSSR count). The smallest absolute Gasteiger partial charge is 0.161 e. The molecule has 5 N–H and O–H groups in total. The number of rotatable bonds is 5. The van der Waals surface area contributed by atoms with Crippen molar-refractivity contribution in [1.29, 1.82) is 0 Å². The SMILES string of the molecule is NCCCNCc1cccc(O)c1O. The van der Waals surface area contributed by atoms with E-state index in [1.165, 1.54) is 6.07 Å². The van der Waals surface area contributed by atoms with Gasteiger partial charge < -0.3 is 21.3 Å². The van der Waals surface area contributed by atoms with Gasteiger partial charge in [-0.3, -0.25) is 0 Å². The molecule has 0 aliphatic rings. The fraction of sp³-hybridized carbons (Fsp3) is 0.400. The minimum absolute atomic E-state index is 0.0484. The Morgan fingerprint density at radius 2 is 2.07 bits per heavy atom. The van der Waals surface area contributed by atoms with Gasteiger partial charge in [0.25, 0.3) is 0 Å². The fourth-order valence-electron chi connectivity index (χ4n) is 1.17. The van der Waals surface area contributed by atoms with Crippen LogP contribution in [-0.4, -0.2) is 23.3 Å². The molecular weight excluding hydrogens is 180 g/mol. The molecule has 0 radical (unpaired) electrons. The van der Waals surface area contributed by atoms with Gasteiger partial charge in [0.1, 0.15) is 0 Å². The average Bonchev–Trinajstić information content (AvgIpc) is 2.19. The van der Waals surface area contributed by atoms with Gasteiger partial charge in [0.15, 0.2) is 11.5 Å². The minimum atomic E-state index is -0.0804. The molecule has 0 amide bonds. The van der Waals surface area contributed by atoms with E-state index >= 15 is 0 Å². The van der Waals surface area contributed by atoms with Crippen LogP contribution < -0.4 is 11.1 Å². The first kappa shape index (κ1) is 10.8. The quantitative estimate of drug-likeness (QED) is 0.409. The molecule has 0 aliphatic heterocycles. The van der Waals surface area contributed by atoms with Crippen LogP contribution in [0.2, 0.25) is 0 Å². The molecule has 0 spiro atoms. The largest absolute Gasteiger partial charge is 0.504 e. The fourth-order valence-corrected chi connectivity index (χ4v) is 1.17. The molecule has 0 unspecified atom stereocenters. The van der Waals surface area contributed by atoms with Crippen LogP contribution >= 0.6 is 0 Å². The van der Waals surface area contributed by atoms with Gasteiger partial charge in [-0.25, -0.2) is 0 Å². The molecule has 0 fully saturated rings. The molecule has 4 nitrogen and oxygen atoms in total. The lowest BCUT2D eigenvalue weighted by Gasteiger charge is -2.06. The number of para-hydroxylation sites is 1. The van der Waals surface area contributed by atoms with Crippen molar-refractivity contribution in [3.63, 3.8) is 0 Å². The number of phenolic OH excluding ortho intramolecular Hbond substituents is 2. The normalized spacial score (nSPS) is 10.4. The van der Waals surface area contributed by atoms with E-state index in [9.17, 15) is 10.2 Å². The maximum Gasteiger partial charge on any atom is 0.161 e. The summed E-state index contributed by atoms with van der Waals surface area (Å²) in [6.45, 7) is 2.00. The molecule has 1 aromatic carbocycles. The van der Waals surface area contributed by atoms with Crippen LogP contribution in [0.1, 0.15) is 12.0 Å². The molecule has 0 saturated carbocycles. The van der Waals surface area contributed by atoms with Crippen LogP contribution in [0.25, 0.3) is 0 Å². The van der Waals surface area contributed by atoms with E-state index in [2.05, 4.69) is 5.32 Å². The van der Waals surface area contributed by atoms with Crippen molar-refractivity contribution >= 4 is 0 Å². The van der Waals surface area contributed by atoms with Crippen molar-refractivity contribution in [2.75, 3.05) is 13.1 Å². The van der Waals surface area contributed by atoms with Crippen molar-refractivity contribution in [3.05, 3.63) is 23.8 Å². The summed E-state index contributed by atoms with van der Waals surface area (Å²) >= 11 is 0. The van der Waals surface area contributed by atoms with Crippen LogP contribution in [0, 0.1) is 0 Å². The first-order chi connectivity index (χ1) is 6.75. The number of aromatic hydroxyl groups is 2. The number of nitrogens with two attached hydrogens (primary N) is 1. The third kappa shape index (κ3) is 2.90. The summed E-state index contributed by atoms with van der Waals surface area (Å²) in [7, 11) is 0. The summed E-state index contributed by atoms with van der Waals surface area (Å²) in [6, 6.07) is 4.93. The van der Waals surface area contributed by atoms with E-state index < -0.39 is 0 Å². The number of phenols is 2. The average molecular weight is 196 g/mol. The van der Waals surface area contributed by atoms with Crippen molar-refractivity contribution in [2.24, 2.45) is 5.73 Å². The summed E-state index contributed by atoms with van der Waals surface area (Å²) in [5, 5.41) is 21.8. The Hall–Kier alpha value is -1.26. The number of nitrogens with one attached hydrogen (secondary N) is 1. The number of benzene rings is 1. The van der Waals surface area contributed by atoms with Crippen LogP contribution in [0.5, 0.6) is 11.5 Å². The lowest BCUT2D eigenvalue weighted by Crippen LogP contribution is -2.17. The monoisotopic (exact) mass is 196 g/mol. The van der Waals surface area contributed by atoms with Gasteiger partial charge in [-0.1, -0.05) is 12.1 Å². The van der Waals surface area contributed by atoms with E-state index in [-0.39, 0.29) is 11.5 Å². The van der Waals surface area contributed by atoms with Gasteiger partial charge in [0, 0.05) is 12.1 Å². The van der Waals surface area contributed by atoms with E-state index in [0.717, 1.165) is 13.0 Å². The first-order valence-corrected chi connectivity index (χ1v) is 4.66. The highest BCUT2D eigenvalue weighted by Crippen LogP contribution is 2.27. The summed E-state index contributed by atoms with van der Waals surface area (Å²) in [4.78, 5) is 0. The molecule has 0 bridgehead atoms. The zero-order valence-corrected chi connectivity index (χ0v) is 8.03. The Labute approximate surface area is 83.4 Å². The van der Waals surface area contributed by atoms with Gasteiger partial charge in [-0.05, 0) is 25.6 Å². The Morgan fingerprint density at radius 1 is 1.29 bits per heavy atom. The summed E-state index contributed by atoms with van der Waals surface area (Å²) in [6.07, 6.45) is 0.902. The lowest BCUT2D eigenvalue weighted by atomic mass is 10.2. The summed E-state index contributed by atoms with van der Waals surface area (Å²) < 4.78 is 0. The van der Waals surface area contributed by atoms with E-state index in [1.807, 2.05) is 0 Å². The van der Waals surface area contributed by atoms with Crippen molar-refractivity contribution < 1.29 is 10.2 Å². The first-order valence-electron chi connectivity index (χ1n) is 4.66. The van der Waals surface area contributed by atoms with Gasteiger partial charge in [0.2, 0.25) is 0 Å². The van der Waals surface area contributed by atoms with E-state index in [4.69, 9.17) is 5.73 Å². The molecule has 0 heterocycles. The third-order valence-corrected chi connectivity index (χ3v) is 1.97. The van der Waals surface area contributed by atoms with Crippen molar-refractivity contribution in [2.45, 2.75) is 13.0 Å². The summed E-state index contributed by atoms with van der Waals surface area (Å²) in [5.41, 5.74) is 6.03. The lowest BCUT2D eigenvalue weighted by molar-refractivity contribution is 0.397. The van der Waals surface area contributed by atoms with Gasteiger partial charge in [0.05, 0.1) is 0 Å². The molecule has 78 valence electrons. The van der Waals surface area contributed by atoms with Crippen LogP contribution in [0.15, 0.2) is 18.2 Å². The standard InChI is InChI=1S/C10H16N2O2/c11-5-2-6-12-7-8-3-1-4-9(13)10(8)14/h1,3-4,12-14H,2,5-7,11H2. The summed E-state index contributed by atoms with van der Waals surface area (Å²) in [5.74, 6) is -0.129. The van der Waals surface area contributed by atoms with Crippen molar-refractivity contribution in [3.8, 4) is 11.5 Å². The molecule has 0 atom stereocenters. The van der Waals surface area contributed by atoms with Crippen LogP contribution in [-0.2, 0) is 6.54 Å². The second kappa shape index (κ2) is 5.47. The molecule has 0 aromatic heterocycles. The molecule has 1 aromatic rings. The third-order valence-electron chi connectivity index (χ3n) is 1.97. The highest BCUT2D eigenvalue weighted by atomic mass is 16.3. The predicted molar refractivity (Wildman–Crippen MR) is 55.1 cm³/mol. The highest BCUT2D eigenvalue weighted by molar-refractivity contribution is 5.44. The topological polar surface area (TPSA) is 78.5 Å². The molecule has 0 aliphatic carbocycles. The minimum Gasteiger partial charge on any atom is -0.504 e. The Morgan fingerprint density at radius 3 is 2.79 bits per heavy atom. The zero-order valence-electron chi connectivity index (χ0n) is 8.03. The van der Waals surface area contributed by atoms with E-state index in [1.54, 1.807) is 12.1 Å². The number of hydrogen-bond donors (Lipinski definition) is 4. The second-order valence-electron chi connectivity index (χ2n) is 3.10. The Kier molecular flexibility index (Phi) is 4.22. The van der Waals surface area contributed by atoms with Gasteiger partial charge in [-0.15, -0.1) is 0 Å². The highest BCUT2D eigenvalue weighted by Gasteiger charge is 2.04. The number of hydrogen-bond acceptors (Lipinski definition) is 4. The second-order valence-corrected chi connectivity index (χ2v) is 3.10. The van der Waals surface area contributed by atoms with Crippen LogP contribution in [0.4, 0.5) is 0 Å². The predicted octanol–water partition coefficient (Wildman–Crippen LogP) is 0.536. The molecule has 0 saturated heterocycles. The van der Waals surface area contributed by atoms with Gasteiger partial charge in [-0.2, -0.15) is 0 Å². The maximum absolute atomic E-state index is 9.44. The van der Waals surface area contributed by atoms with Crippen molar-refractivity contribution in [1.82, 2.24) is 5.32 Å². The van der Waals surface area contributed by atoms with E-state index in [0.29, 0.717) is 18.7 Å². The molecule has 14 heavy (non-hydrogen) atoms. The molecule has 4 heteroatoms. The van der Waals surface area contributed by atoms with Gasteiger partial charge >= 0.3 is 0 Å². The maximum atomic E-state index is 9.44. The Bertz CT molecular complexity index is 289. The molecular formula is C10H16N2O2. The van der Waals surface area contributed by atoms with Crippen LogP contribution in [0.3, 0.4) is 0 Å².